The Morgan fingerprint density at radius 1 is 1.06 bits per heavy atom. The van der Waals surface area contributed by atoms with E-state index in [4.69, 9.17) is 11.6 Å². The quantitative estimate of drug-likeness (QED) is 0.191. The summed E-state index contributed by atoms with van der Waals surface area (Å²) in [7, 11) is 0. The molecule has 0 bridgehead atoms. The Bertz CT molecular complexity index is 1340. The van der Waals surface area contributed by atoms with Gasteiger partial charge in [0.05, 0.1) is 35.1 Å². The number of imidazole rings is 1. The number of alkyl halides is 3. The maximum absolute atomic E-state index is 13.1. The van der Waals surface area contributed by atoms with E-state index in [1.165, 1.54) is 30.0 Å². The third kappa shape index (κ3) is 5.78. The summed E-state index contributed by atoms with van der Waals surface area (Å²) in [5.74, 6) is -0.474. The third-order valence-electron chi connectivity index (χ3n) is 4.86. The number of hydrazone groups is 1. The van der Waals surface area contributed by atoms with Gasteiger partial charge < -0.3 is 4.57 Å². The largest absolute Gasteiger partial charge is 0.417 e. The SMILES string of the molecule is O=C(CSc1nc2ccccc2n1Cc1ccc(Cl)cc1)N/N=C/c1ccccc1C(F)(F)F. The fourth-order valence-corrected chi connectivity index (χ4v) is 4.23. The van der Waals surface area contributed by atoms with Gasteiger partial charge >= 0.3 is 6.18 Å². The van der Waals surface area contributed by atoms with Crippen molar-refractivity contribution in [2.45, 2.75) is 17.9 Å². The van der Waals surface area contributed by atoms with Gasteiger partial charge in [0.2, 0.25) is 0 Å². The number of amides is 1. The topological polar surface area (TPSA) is 59.3 Å². The van der Waals surface area contributed by atoms with Crippen molar-refractivity contribution in [3.05, 3.63) is 94.5 Å². The van der Waals surface area contributed by atoms with Crippen molar-refractivity contribution in [2.24, 2.45) is 5.10 Å². The fraction of sp³-hybridized carbons (Fsp3) is 0.125. The van der Waals surface area contributed by atoms with Crippen LogP contribution in [0.4, 0.5) is 13.2 Å². The molecule has 174 valence electrons. The summed E-state index contributed by atoms with van der Waals surface area (Å²) in [6.45, 7) is 0.536. The molecule has 0 aliphatic carbocycles. The summed E-state index contributed by atoms with van der Waals surface area (Å²) in [5, 5.41) is 4.97. The molecule has 0 radical (unpaired) electrons. The molecular weight excluding hydrogens is 485 g/mol. The number of carbonyl (C=O) groups excluding carboxylic acids is 1. The van der Waals surface area contributed by atoms with E-state index >= 15 is 0 Å². The van der Waals surface area contributed by atoms with Crippen molar-refractivity contribution >= 4 is 46.5 Å². The summed E-state index contributed by atoms with van der Waals surface area (Å²) < 4.78 is 41.2. The van der Waals surface area contributed by atoms with Crippen LogP contribution in [0.3, 0.4) is 0 Å². The number of thioether (sulfide) groups is 1. The van der Waals surface area contributed by atoms with E-state index in [2.05, 4.69) is 15.5 Å². The van der Waals surface area contributed by atoms with Crippen molar-refractivity contribution in [1.29, 1.82) is 0 Å². The maximum Gasteiger partial charge on any atom is 0.417 e. The number of carbonyl (C=O) groups is 1. The highest BCUT2D eigenvalue weighted by Gasteiger charge is 2.32. The zero-order valence-corrected chi connectivity index (χ0v) is 19.2. The van der Waals surface area contributed by atoms with Gasteiger partial charge in [0.15, 0.2) is 5.16 Å². The highest BCUT2D eigenvalue weighted by molar-refractivity contribution is 7.99. The van der Waals surface area contributed by atoms with Crippen molar-refractivity contribution in [2.75, 3.05) is 5.75 Å². The van der Waals surface area contributed by atoms with Gasteiger partial charge in [-0.3, -0.25) is 4.79 Å². The Morgan fingerprint density at radius 2 is 1.76 bits per heavy atom. The molecule has 1 amide bonds. The molecule has 0 aliphatic heterocycles. The molecule has 0 atom stereocenters. The van der Waals surface area contributed by atoms with Crippen LogP contribution in [0.15, 0.2) is 83.1 Å². The Morgan fingerprint density at radius 3 is 2.53 bits per heavy atom. The zero-order valence-electron chi connectivity index (χ0n) is 17.6. The number of aromatic nitrogens is 2. The normalized spacial score (nSPS) is 11.9. The first kappa shape index (κ1) is 23.8. The number of hydrogen-bond donors (Lipinski definition) is 1. The molecule has 10 heteroatoms. The van der Waals surface area contributed by atoms with Gasteiger partial charge in [0, 0.05) is 10.6 Å². The van der Waals surface area contributed by atoms with Gasteiger partial charge in [-0.25, -0.2) is 10.4 Å². The first-order chi connectivity index (χ1) is 16.3. The lowest BCUT2D eigenvalue weighted by Gasteiger charge is -2.10. The minimum Gasteiger partial charge on any atom is -0.314 e. The standard InChI is InChI=1S/C24H18ClF3N4OS/c25-18-11-9-16(10-12-18)14-32-21-8-4-3-7-20(21)30-23(32)34-15-22(33)31-29-13-17-5-1-2-6-19(17)24(26,27)28/h1-13H,14-15H2,(H,31,33)/b29-13+. The van der Waals surface area contributed by atoms with Crippen LogP contribution < -0.4 is 5.43 Å². The van der Waals surface area contributed by atoms with Gasteiger partial charge in [0.1, 0.15) is 0 Å². The van der Waals surface area contributed by atoms with E-state index < -0.39 is 17.6 Å². The van der Waals surface area contributed by atoms with Gasteiger partial charge in [-0.05, 0) is 35.9 Å². The van der Waals surface area contributed by atoms with Gasteiger partial charge in [-0.2, -0.15) is 18.3 Å². The first-order valence-corrected chi connectivity index (χ1v) is 11.5. The Kier molecular flexibility index (Phi) is 7.23. The molecule has 0 fully saturated rings. The summed E-state index contributed by atoms with van der Waals surface area (Å²) in [6, 6.07) is 20.1. The molecular formula is C24H18ClF3N4OS. The molecule has 34 heavy (non-hydrogen) atoms. The van der Waals surface area contributed by atoms with Gasteiger partial charge in [-0.1, -0.05) is 65.8 Å². The summed E-state index contributed by atoms with van der Waals surface area (Å²) >= 11 is 7.20. The first-order valence-electron chi connectivity index (χ1n) is 10.1. The molecule has 0 aliphatic rings. The predicted molar refractivity (Wildman–Crippen MR) is 128 cm³/mol. The van der Waals surface area contributed by atoms with Crippen LogP contribution in [0.2, 0.25) is 5.02 Å². The highest BCUT2D eigenvalue weighted by atomic mass is 35.5. The van der Waals surface area contributed by atoms with Crippen LogP contribution in [0.5, 0.6) is 0 Å². The molecule has 0 spiro atoms. The van der Waals surface area contributed by atoms with E-state index in [9.17, 15) is 18.0 Å². The second-order valence-corrected chi connectivity index (χ2v) is 8.64. The Hall–Kier alpha value is -3.30. The monoisotopic (exact) mass is 502 g/mol. The van der Waals surface area contributed by atoms with E-state index in [1.807, 2.05) is 53.1 Å². The molecule has 1 heterocycles. The molecule has 4 rings (SSSR count). The second kappa shape index (κ2) is 10.3. The minimum absolute atomic E-state index is 0.0117. The zero-order chi connectivity index (χ0) is 24.1. The number of halogens is 4. The van der Waals surface area contributed by atoms with Gasteiger partial charge in [0.25, 0.3) is 5.91 Å². The number of rotatable bonds is 7. The summed E-state index contributed by atoms with van der Waals surface area (Å²) in [4.78, 5) is 16.9. The number of para-hydroxylation sites is 2. The van der Waals surface area contributed by atoms with E-state index in [0.29, 0.717) is 16.7 Å². The summed E-state index contributed by atoms with van der Waals surface area (Å²) in [5.41, 5.74) is 4.06. The van der Waals surface area contributed by atoms with Crippen LogP contribution in [0, 0.1) is 0 Å². The summed E-state index contributed by atoms with van der Waals surface area (Å²) in [6.07, 6.45) is -3.52. The highest BCUT2D eigenvalue weighted by Crippen LogP contribution is 2.31. The average Bonchev–Trinajstić information content (AvgIpc) is 3.16. The van der Waals surface area contributed by atoms with E-state index in [-0.39, 0.29) is 11.3 Å². The number of nitrogens with zero attached hydrogens (tertiary/aromatic N) is 3. The lowest BCUT2D eigenvalue weighted by Crippen LogP contribution is -2.20. The molecule has 3 aromatic carbocycles. The van der Waals surface area contributed by atoms with Crippen LogP contribution in [0.25, 0.3) is 11.0 Å². The smallest absolute Gasteiger partial charge is 0.314 e. The number of hydrogen-bond acceptors (Lipinski definition) is 4. The third-order valence-corrected chi connectivity index (χ3v) is 6.09. The molecule has 4 aromatic rings. The maximum atomic E-state index is 13.1. The van der Waals surface area contributed by atoms with Crippen LogP contribution in [0.1, 0.15) is 16.7 Å². The van der Waals surface area contributed by atoms with Crippen LogP contribution in [-0.4, -0.2) is 27.4 Å². The molecule has 0 unspecified atom stereocenters. The van der Waals surface area contributed by atoms with Crippen molar-refractivity contribution in [3.8, 4) is 0 Å². The van der Waals surface area contributed by atoms with Gasteiger partial charge in [-0.15, -0.1) is 0 Å². The molecule has 1 N–H and O–H groups in total. The van der Waals surface area contributed by atoms with Crippen LogP contribution in [-0.2, 0) is 17.5 Å². The van der Waals surface area contributed by atoms with Crippen molar-refractivity contribution in [1.82, 2.24) is 15.0 Å². The molecule has 0 saturated carbocycles. The fourth-order valence-electron chi connectivity index (χ4n) is 3.29. The van der Waals surface area contributed by atoms with Crippen molar-refractivity contribution < 1.29 is 18.0 Å². The molecule has 0 saturated heterocycles. The number of benzene rings is 3. The second-order valence-electron chi connectivity index (χ2n) is 7.26. The van der Waals surface area contributed by atoms with E-state index in [1.54, 1.807) is 0 Å². The Labute approximate surface area is 202 Å². The minimum atomic E-state index is -4.51. The molecule has 5 nitrogen and oxygen atoms in total. The molecule has 1 aromatic heterocycles. The average molecular weight is 503 g/mol. The van der Waals surface area contributed by atoms with E-state index in [0.717, 1.165) is 28.9 Å². The number of nitrogens with one attached hydrogen (secondary N) is 1. The number of fused-ring (bicyclic) bond motifs is 1. The Balaban J connectivity index is 1.45. The predicted octanol–water partition coefficient (Wildman–Crippen LogP) is 6.00. The lowest BCUT2D eigenvalue weighted by atomic mass is 10.1. The van der Waals surface area contributed by atoms with Crippen LogP contribution >= 0.6 is 23.4 Å². The van der Waals surface area contributed by atoms with Crippen molar-refractivity contribution in [3.63, 3.8) is 0 Å². The lowest BCUT2D eigenvalue weighted by molar-refractivity contribution is -0.137.